The number of amides is 1. The van der Waals surface area contributed by atoms with Crippen LogP contribution in [-0.4, -0.2) is 23.4 Å². The molecule has 0 aliphatic carbocycles. The third-order valence-electron chi connectivity index (χ3n) is 4.54. The van der Waals surface area contributed by atoms with E-state index in [-0.39, 0.29) is 24.1 Å². The van der Waals surface area contributed by atoms with Gasteiger partial charge in [0.25, 0.3) is 0 Å². The number of hydrogen-bond acceptors (Lipinski definition) is 3. The van der Waals surface area contributed by atoms with Gasteiger partial charge in [-0.25, -0.2) is 4.39 Å². The lowest BCUT2D eigenvalue weighted by molar-refractivity contribution is -0.116. The van der Waals surface area contributed by atoms with Crippen molar-refractivity contribution in [2.75, 3.05) is 12.4 Å². The normalized spacial score (nSPS) is 10.6. The number of aromatic nitrogens is 1. The van der Waals surface area contributed by atoms with Gasteiger partial charge in [-0.2, -0.15) is 0 Å². The molecule has 1 amide bonds. The Morgan fingerprint density at radius 1 is 1.11 bits per heavy atom. The van der Waals surface area contributed by atoms with E-state index in [0.29, 0.717) is 28.4 Å². The van der Waals surface area contributed by atoms with Crippen molar-refractivity contribution in [1.82, 2.24) is 4.57 Å². The molecule has 0 aliphatic heterocycles. The molecule has 6 heteroatoms. The summed E-state index contributed by atoms with van der Waals surface area (Å²) in [6.45, 7) is 3.29. The van der Waals surface area contributed by atoms with E-state index in [1.807, 2.05) is 0 Å². The van der Waals surface area contributed by atoms with E-state index in [4.69, 9.17) is 4.74 Å². The van der Waals surface area contributed by atoms with Gasteiger partial charge in [-0.15, -0.1) is 0 Å². The van der Waals surface area contributed by atoms with Crippen LogP contribution >= 0.6 is 0 Å². The molecule has 0 spiro atoms. The topological polar surface area (TPSA) is 60.3 Å². The van der Waals surface area contributed by atoms with Crippen molar-refractivity contribution in [3.8, 4) is 17.0 Å². The Morgan fingerprint density at radius 3 is 2.46 bits per heavy atom. The number of halogens is 1. The van der Waals surface area contributed by atoms with Gasteiger partial charge in [0.15, 0.2) is 5.78 Å². The zero-order valence-electron chi connectivity index (χ0n) is 16.0. The summed E-state index contributed by atoms with van der Waals surface area (Å²) in [5.74, 6) is -0.0415. The van der Waals surface area contributed by atoms with E-state index >= 15 is 0 Å². The van der Waals surface area contributed by atoms with Gasteiger partial charge in [-0.3, -0.25) is 9.59 Å². The highest BCUT2D eigenvalue weighted by Crippen LogP contribution is 2.27. The molecule has 0 saturated heterocycles. The monoisotopic (exact) mass is 380 g/mol. The van der Waals surface area contributed by atoms with Gasteiger partial charge >= 0.3 is 0 Å². The van der Waals surface area contributed by atoms with Gasteiger partial charge in [-0.05, 0) is 61.9 Å². The van der Waals surface area contributed by atoms with Gasteiger partial charge in [0.05, 0.1) is 7.11 Å². The van der Waals surface area contributed by atoms with Crippen LogP contribution in [0.15, 0.2) is 54.6 Å². The Morgan fingerprint density at radius 2 is 1.82 bits per heavy atom. The fourth-order valence-electron chi connectivity index (χ4n) is 3.11. The quantitative estimate of drug-likeness (QED) is 0.643. The number of carbonyl (C=O) groups is 2. The second-order valence-corrected chi connectivity index (χ2v) is 6.46. The summed E-state index contributed by atoms with van der Waals surface area (Å²) < 4.78 is 20.2. The summed E-state index contributed by atoms with van der Waals surface area (Å²) in [6.07, 6.45) is 0. The molecule has 2 aromatic carbocycles. The van der Waals surface area contributed by atoms with Crippen LogP contribution in [0.25, 0.3) is 11.3 Å². The zero-order chi connectivity index (χ0) is 20.3. The molecule has 5 nitrogen and oxygen atoms in total. The third kappa shape index (κ3) is 4.11. The average Bonchev–Trinajstić information content (AvgIpc) is 2.99. The van der Waals surface area contributed by atoms with Crippen LogP contribution in [0.1, 0.15) is 23.0 Å². The molecule has 0 saturated carbocycles. The highest BCUT2D eigenvalue weighted by Gasteiger charge is 2.18. The summed E-state index contributed by atoms with van der Waals surface area (Å²) in [5, 5.41) is 2.83. The Labute approximate surface area is 162 Å². The molecule has 1 heterocycles. The average molecular weight is 380 g/mol. The Bertz CT molecular complexity index is 1020. The van der Waals surface area contributed by atoms with Gasteiger partial charge in [0.2, 0.25) is 5.91 Å². The molecule has 0 fully saturated rings. The minimum absolute atomic E-state index is 0.0169. The van der Waals surface area contributed by atoms with Crippen molar-refractivity contribution in [2.24, 2.45) is 0 Å². The number of benzene rings is 2. The van der Waals surface area contributed by atoms with Crippen molar-refractivity contribution in [1.29, 1.82) is 0 Å². The van der Waals surface area contributed by atoms with Crippen molar-refractivity contribution >= 4 is 17.4 Å². The second-order valence-electron chi connectivity index (χ2n) is 6.46. The first-order valence-corrected chi connectivity index (χ1v) is 8.80. The molecule has 0 aliphatic rings. The maximum Gasteiger partial charge on any atom is 0.244 e. The number of Topliss-reactive ketones (excluding diaryl/α,β-unsaturated/α-hetero) is 1. The highest BCUT2D eigenvalue weighted by atomic mass is 19.1. The number of rotatable bonds is 6. The number of nitrogens with zero attached hydrogens (tertiary/aromatic N) is 1. The maximum atomic E-state index is 13.3. The largest absolute Gasteiger partial charge is 0.497 e. The fourth-order valence-corrected chi connectivity index (χ4v) is 3.11. The molecule has 1 N–H and O–H groups in total. The van der Waals surface area contributed by atoms with Gasteiger partial charge in [0.1, 0.15) is 18.1 Å². The summed E-state index contributed by atoms with van der Waals surface area (Å²) in [5.41, 5.74) is 3.25. The molecule has 144 valence electrons. The number of ketones is 1. The highest BCUT2D eigenvalue weighted by molar-refractivity contribution is 5.97. The first-order valence-electron chi connectivity index (χ1n) is 8.80. The molecule has 0 atom stereocenters. The molecule has 3 rings (SSSR count). The van der Waals surface area contributed by atoms with Crippen LogP contribution in [0.4, 0.5) is 10.1 Å². The predicted octanol–water partition coefficient (Wildman–Crippen LogP) is 4.45. The molecular weight excluding hydrogens is 359 g/mol. The molecule has 28 heavy (non-hydrogen) atoms. The van der Waals surface area contributed by atoms with Gasteiger partial charge in [0, 0.05) is 28.7 Å². The lowest BCUT2D eigenvalue weighted by Gasteiger charge is -2.13. The number of nitrogens with one attached hydrogen (secondary N) is 1. The van der Waals surface area contributed by atoms with E-state index < -0.39 is 0 Å². The predicted molar refractivity (Wildman–Crippen MR) is 106 cm³/mol. The summed E-state index contributed by atoms with van der Waals surface area (Å²) >= 11 is 0. The van der Waals surface area contributed by atoms with Crippen molar-refractivity contribution in [3.63, 3.8) is 0 Å². The van der Waals surface area contributed by atoms with E-state index in [1.54, 1.807) is 61.1 Å². The molecule has 1 aromatic heterocycles. The molecule has 0 unspecified atom stereocenters. The number of anilines is 1. The first-order chi connectivity index (χ1) is 13.4. The van der Waals surface area contributed by atoms with Crippen LogP contribution in [0.2, 0.25) is 0 Å². The Balaban J connectivity index is 1.92. The first kappa shape index (κ1) is 19.4. The minimum atomic E-state index is -0.346. The summed E-state index contributed by atoms with van der Waals surface area (Å²) in [6, 6.07) is 14.8. The Kier molecular flexibility index (Phi) is 5.59. The van der Waals surface area contributed by atoms with E-state index in [1.165, 1.54) is 19.1 Å². The lowest BCUT2D eigenvalue weighted by atomic mass is 10.1. The van der Waals surface area contributed by atoms with Crippen LogP contribution in [0, 0.1) is 12.7 Å². The van der Waals surface area contributed by atoms with Crippen LogP contribution in [-0.2, 0) is 11.3 Å². The number of ether oxygens (including phenoxy) is 1. The van der Waals surface area contributed by atoms with Crippen molar-refractivity contribution in [3.05, 3.63) is 71.7 Å². The van der Waals surface area contributed by atoms with Crippen molar-refractivity contribution in [2.45, 2.75) is 20.4 Å². The zero-order valence-corrected chi connectivity index (χ0v) is 16.0. The van der Waals surface area contributed by atoms with Gasteiger partial charge in [-0.1, -0.05) is 6.07 Å². The number of methoxy groups -OCH3 is 1. The fraction of sp³-hybridized carbons (Fsp3) is 0.182. The summed E-state index contributed by atoms with van der Waals surface area (Å²) in [7, 11) is 1.56. The van der Waals surface area contributed by atoms with Gasteiger partial charge < -0.3 is 14.6 Å². The standard InChI is InChI=1S/C22H21FN2O3/c1-14-20(15(2)26)12-21(16-7-9-17(23)10-8-16)25(14)13-22(27)24-18-5-4-6-19(11-18)28-3/h4-12H,13H2,1-3H3,(H,24,27). The summed E-state index contributed by atoms with van der Waals surface area (Å²) in [4.78, 5) is 24.6. The molecule has 0 bridgehead atoms. The Hall–Kier alpha value is -3.41. The smallest absolute Gasteiger partial charge is 0.244 e. The number of hydrogen-bond donors (Lipinski definition) is 1. The van der Waals surface area contributed by atoms with E-state index in [0.717, 1.165) is 5.56 Å². The minimum Gasteiger partial charge on any atom is -0.497 e. The lowest BCUT2D eigenvalue weighted by Crippen LogP contribution is -2.20. The molecule has 0 radical (unpaired) electrons. The van der Waals surface area contributed by atoms with Crippen LogP contribution < -0.4 is 10.1 Å². The van der Waals surface area contributed by atoms with Crippen LogP contribution in [0.3, 0.4) is 0 Å². The van der Waals surface area contributed by atoms with E-state index in [9.17, 15) is 14.0 Å². The second kappa shape index (κ2) is 8.08. The SMILES string of the molecule is COc1cccc(NC(=O)Cn2c(-c3ccc(F)cc3)cc(C(C)=O)c2C)c1. The van der Waals surface area contributed by atoms with Crippen LogP contribution in [0.5, 0.6) is 5.75 Å². The third-order valence-corrected chi connectivity index (χ3v) is 4.54. The van der Waals surface area contributed by atoms with Crippen molar-refractivity contribution < 1.29 is 18.7 Å². The molecule has 3 aromatic rings. The maximum absolute atomic E-state index is 13.3. The molecular formula is C22H21FN2O3. The number of carbonyl (C=O) groups excluding carboxylic acids is 2. The van der Waals surface area contributed by atoms with E-state index in [2.05, 4.69) is 5.32 Å².